The minimum atomic E-state index is -4.80. The highest BCUT2D eigenvalue weighted by molar-refractivity contribution is 7.91. The Balaban J connectivity index is 1.60. The fraction of sp³-hybridized carbons (Fsp3) is 0.583. The highest BCUT2D eigenvalue weighted by Gasteiger charge is 2.51. The highest BCUT2D eigenvalue weighted by atomic mass is 32.2. The van der Waals surface area contributed by atoms with Crippen molar-refractivity contribution in [1.82, 2.24) is 9.21 Å². The molecule has 7 nitrogen and oxygen atoms in total. The van der Waals surface area contributed by atoms with Crippen molar-refractivity contribution in [1.29, 1.82) is 0 Å². The molecule has 3 heterocycles. The van der Waals surface area contributed by atoms with Gasteiger partial charge in [0.05, 0.1) is 18.2 Å². The molecule has 2 aliphatic heterocycles. The number of alkyl halides is 3. The fourth-order valence-corrected chi connectivity index (χ4v) is 7.40. The predicted molar refractivity (Wildman–Crippen MR) is 133 cm³/mol. The average Bonchev–Trinajstić information content (AvgIpc) is 3.34. The lowest BCUT2D eigenvalue weighted by molar-refractivity contribution is -0.258. The van der Waals surface area contributed by atoms with Gasteiger partial charge in [-0.15, -0.1) is 11.3 Å². The number of nitrogens with zero attached hydrogens (tertiary/aromatic N) is 3. The molecule has 0 bridgehead atoms. The summed E-state index contributed by atoms with van der Waals surface area (Å²) in [5.74, 6) is 0. The fourth-order valence-electron chi connectivity index (χ4n) is 4.79. The van der Waals surface area contributed by atoms with Crippen molar-refractivity contribution < 1.29 is 31.4 Å². The molecule has 0 spiro atoms. The van der Waals surface area contributed by atoms with E-state index in [-0.39, 0.29) is 30.3 Å². The molecule has 2 atom stereocenters. The van der Waals surface area contributed by atoms with Gasteiger partial charge in [0.2, 0.25) is 0 Å². The zero-order valence-electron chi connectivity index (χ0n) is 20.5. The Morgan fingerprint density at radius 2 is 1.83 bits per heavy atom. The molecule has 200 valence electrons. The topological polar surface area (TPSA) is 73.3 Å². The van der Waals surface area contributed by atoms with Gasteiger partial charge in [0, 0.05) is 45.0 Å². The molecule has 0 amide bonds. The number of piperazine rings is 1. The van der Waals surface area contributed by atoms with E-state index >= 15 is 0 Å². The van der Waals surface area contributed by atoms with E-state index in [4.69, 9.17) is 4.74 Å². The van der Waals surface area contributed by atoms with Gasteiger partial charge >= 0.3 is 6.18 Å². The molecule has 0 aliphatic carbocycles. The lowest BCUT2D eigenvalue weighted by Gasteiger charge is -2.46. The summed E-state index contributed by atoms with van der Waals surface area (Å²) in [6.07, 6.45) is -4.80. The van der Waals surface area contributed by atoms with Crippen molar-refractivity contribution in [2.45, 2.75) is 48.4 Å². The van der Waals surface area contributed by atoms with Gasteiger partial charge in [-0.25, -0.2) is 8.42 Å². The standard InChI is InChI=1S/C24H32F3N3O4S2/c1-22(2)17-28(12-13-34-22)15-20-16-29(36(32,33)21-5-4-14-35-21)10-11-30(20)19-8-6-18(7-9-19)23(3,31)24(25,26)27/h4-9,14,20,31H,10-13,15-17H2,1-3H3/t20-,23-/m1/s1. The normalized spacial score (nSPS) is 24.0. The number of rotatable bonds is 6. The summed E-state index contributed by atoms with van der Waals surface area (Å²) in [5, 5.41) is 11.8. The molecule has 4 rings (SSSR count). The molecule has 2 aromatic rings. The quantitative estimate of drug-likeness (QED) is 0.597. The van der Waals surface area contributed by atoms with Crippen LogP contribution in [0.3, 0.4) is 0 Å². The number of hydrogen-bond donors (Lipinski definition) is 1. The molecule has 1 aromatic carbocycles. The third-order valence-corrected chi connectivity index (χ3v) is 10.1. The van der Waals surface area contributed by atoms with Crippen LogP contribution in [0.4, 0.5) is 18.9 Å². The predicted octanol–water partition coefficient (Wildman–Crippen LogP) is 3.51. The van der Waals surface area contributed by atoms with Crippen molar-refractivity contribution in [2.75, 3.05) is 50.8 Å². The van der Waals surface area contributed by atoms with Gasteiger partial charge in [-0.05, 0) is 49.9 Å². The molecular weight excluding hydrogens is 515 g/mol. The first-order valence-corrected chi connectivity index (χ1v) is 14.1. The lowest BCUT2D eigenvalue weighted by Crippen LogP contribution is -2.60. The Labute approximate surface area is 214 Å². The van der Waals surface area contributed by atoms with Crippen LogP contribution in [0.5, 0.6) is 0 Å². The smallest absolute Gasteiger partial charge is 0.376 e. The zero-order valence-corrected chi connectivity index (χ0v) is 22.2. The molecule has 2 fully saturated rings. The van der Waals surface area contributed by atoms with Crippen LogP contribution in [0.2, 0.25) is 0 Å². The maximum absolute atomic E-state index is 13.3. The van der Waals surface area contributed by atoms with E-state index < -0.39 is 21.8 Å². The van der Waals surface area contributed by atoms with Crippen molar-refractivity contribution in [3.05, 3.63) is 47.3 Å². The maximum Gasteiger partial charge on any atom is 0.421 e. The highest BCUT2D eigenvalue weighted by Crippen LogP contribution is 2.39. The Kier molecular flexibility index (Phi) is 7.50. The van der Waals surface area contributed by atoms with Crippen LogP contribution in [0.1, 0.15) is 26.3 Å². The number of anilines is 1. The Bertz CT molecular complexity index is 1140. The first-order valence-electron chi connectivity index (χ1n) is 11.8. The summed E-state index contributed by atoms with van der Waals surface area (Å²) in [7, 11) is -3.64. The first kappa shape index (κ1) is 27.3. The van der Waals surface area contributed by atoms with Crippen LogP contribution in [-0.4, -0.2) is 86.4 Å². The van der Waals surface area contributed by atoms with Crippen LogP contribution < -0.4 is 4.90 Å². The van der Waals surface area contributed by atoms with Gasteiger partial charge in [0.25, 0.3) is 10.0 Å². The Morgan fingerprint density at radius 3 is 2.42 bits per heavy atom. The molecular formula is C24H32F3N3O4S2. The van der Waals surface area contributed by atoms with Gasteiger partial charge in [-0.1, -0.05) is 18.2 Å². The minimum Gasteiger partial charge on any atom is -0.376 e. The number of sulfonamides is 1. The summed E-state index contributed by atoms with van der Waals surface area (Å²) >= 11 is 1.18. The summed E-state index contributed by atoms with van der Waals surface area (Å²) in [5.41, 5.74) is -2.85. The van der Waals surface area contributed by atoms with Crippen LogP contribution in [0, 0.1) is 0 Å². The minimum absolute atomic E-state index is 0.226. The summed E-state index contributed by atoms with van der Waals surface area (Å²) < 4.78 is 73.9. The second-order valence-corrected chi connectivity index (χ2v) is 13.2. The first-order chi connectivity index (χ1) is 16.7. The van der Waals surface area contributed by atoms with Crippen LogP contribution >= 0.6 is 11.3 Å². The van der Waals surface area contributed by atoms with E-state index in [1.54, 1.807) is 29.6 Å². The van der Waals surface area contributed by atoms with Crippen molar-refractivity contribution in [3.8, 4) is 0 Å². The second-order valence-electron chi connectivity index (χ2n) is 10.1. The lowest BCUT2D eigenvalue weighted by atomic mass is 9.95. The molecule has 36 heavy (non-hydrogen) atoms. The summed E-state index contributed by atoms with van der Waals surface area (Å²) in [6, 6.07) is 8.77. The van der Waals surface area contributed by atoms with E-state index in [9.17, 15) is 26.7 Å². The number of thiophene rings is 1. The molecule has 1 aromatic heterocycles. The maximum atomic E-state index is 13.3. The number of benzene rings is 1. The summed E-state index contributed by atoms with van der Waals surface area (Å²) in [6.45, 7) is 8.18. The number of aliphatic hydroxyl groups is 1. The number of ether oxygens (including phenoxy) is 1. The largest absolute Gasteiger partial charge is 0.421 e. The van der Waals surface area contributed by atoms with Gasteiger partial charge < -0.3 is 14.7 Å². The average molecular weight is 548 g/mol. The molecule has 1 N–H and O–H groups in total. The van der Waals surface area contributed by atoms with Crippen LogP contribution in [0.25, 0.3) is 0 Å². The molecule has 0 radical (unpaired) electrons. The Morgan fingerprint density at radius 1 is 1.14 bits per heavy atom. The SMILES string of the molecule is CC1(C)CN(C[C@@H]2CN(S(=O)(=O)c3cccs3)CCN2c2ccc([C@@](C)(O)C(F)(F)F)cc2)CCO1. The van der Waals surface area contributed by atoms with Crippen molar-refractivity contribution >= 4 is 27.0 Å². The second kappa shape index (κ2) is 9.88. The van der Waals surface area contributed by atoms with Crippen LogP contribution in [-0.2, 0) is 20.4 Å². The number of morpholine rings is 1. The Hall–Kier alpha value is -1.70. The molecule has 0 saturated carbocycles. The number of hydrogen-bond acceptors (Lipinski definition) is 7. The van der Waals surface area contributed by atoms with E-state index in [0.29, 0.717) is 42.7 Å². The van der Waals surface area contributed by atoms with Gasteiger partial charge in [0.1, 0.15) is 4.21 Å². The molecule has 2 aliphatic rings. The number of halogens is 3. The summed E-state index contributed by atoms with van der Waals surface area (Å²) in [4.78, 5) is 4.29. The van der Waals surface area contributed by atoms with E-state index in [1.807, 2.05) is 13.8 Å². The van der Waals surface area contributed by atoms with Crippen LogP contribution in [0.15, 0.2) is 46.0 Å². The molecule has 12 heteroatoms. The third kappa shape index (κ3) is 5.58. The van der Waals surface area contributed by atoms with Crippen molar-refractivity contribution in [2.24, 2.45) is 0 Å². The van der Waals surface area contributed by atoms with Gasteiger partial charge in [-0.2, -0.15) is 17.5 Å². The van der Waals surface area contributed by atoms with E-state index in [0.717, 1.165) is 6.92 Å². The monoisotopic (exact) mass is 547 g/mol. The van der Waals surface area contributed by atoms with E-state index in [2.05, 4.69) is 9.80 Å². The molecule has 0 unspecified atom stereocenters. The van der Waals surface area contributed by atoms with Crippen molar-refractivity contribution in [3.63, 3.8) is 0 Å². The van der Waals surface area contributed by atoms with E-state index in [1.165, 1.54) is 27.8 Å². The molecule has 2 saturated heterocycles. The zero-order chi connectivity index (χ0) is 26.4. The van der Waals surface area contributed by atoms with Gasteiger partial charge in [-0.3, -0.25) is 4.90 Å². The van der Waals surface area contributed by atoms with Gasteiger partial charge in [0.15, 0.2) is 5.60 Å². The third-order valence-electron chi connectivity index (χ3n) is 6.82.